The molecule has 0 unspecified atom stereocenters. The van der Waals surface area contributed by atoms with Crippen molar-refractivity contribution in [1.29, 1.82) is 0 Å². The van der Waals surface area contributed by atoms with Crippen molar-refractivity contribution in [3.63, 3.8) is 0 Å². The van der Waals surface area contributed by atoms with Crippen LogP contribution < -0.4 is 0 Å². The minimum Gasteiger partial charge on any atom is -0.299 e. The van der Waals surface area contributed by atoms with Gasteiger partial charge in [-0.3, -0.25) is 9.59 Å². The highest BCUT2D eigenvalue weighted by molar-refractivity contribution is 7.89. The van der Waals surface area contributed by atoms with Crippen LogP contribution in [-0.2, 0) is 26.2 Å². The summed E-state index contributed by atoms with van der Waals surface area (Å²) >= 11 is 0. The third kappa shape index (κ3) is 5.32. The van der Waals surface area contributed by atoms with E-state index in [1.807, 2.05) is 6.07 Å². The summed E-state index contributed by atoms with van der Waals surface area (Å²) < 4.78 is 25.1. The number of hydrogen-bond donors (Lipinski definition) is 0. The third-order valence-corrected chi connectivity index (χ3v) is 4.20. The lowest BCUT2D eigenvalue weighted by molar-refractivity contribution is -0.117. The molecule has 0 spiro atoms. The number of hydrogen-bond acceptors (Lipinski definition) is 4. The lowest BCUT2D eigenvalue weighted by atomic mass is 10.2. The van der Waals surface area contributed by atoms with Crippen LogP contribution >= 0.6 is 0 Å². The molecule has 0 heterocycles. The number of sulfonamides is 1. The molecule has 0 aromatic heterocycles. The van der Waals surface area contributed by atoms with Crippen molar-refractivity contribution in [3.8, 4) is 0 Å². The largest absolute Gasteiger partial charge is 0.299 e. The molecule has 0 saturated heterocycles. The Morgan fingerprint density at radius 1 is 1.05 bits per heavy atom. The first-order chi connectivity index (χ1) is 8.81. The second kappa shape index (κ2) is 6.58. The summed E-state index contributed by atoms with van der Waals surface area (Å²) in [5.41, 5.74) is 0.774. The van der Waals surface area contributed by atoms with Crippen LogP contribution in [0.1, 0.15) is 19.4 Å². The van der Waals surface area contributed by atoms with Gasteiger partial charge in [-0.25, -0.2) is 8.42 Å². The molecular formula is C13H17NO4S. The topological polar surface area (TPSA) is 71.5 Å². The van der Waals surface area contributed by atoms with Crippen molar-refractivity contribution in [2.24, 2.45) is 0 Å². The lowest BCUT2D eigenvalue weighted by Gasteiger charge is -2.20. The summed E-state index contributed by atoms with van der Waals surface area (Å²) in [6, 6.07) is 8.95. The van der Waals surface area contributed by atoms with Gasteiger partial charge < -0.3 is 0 Å². The van der Waals surface area contributed by atoms with E-state index in [1.165, 1.54) is 13.8 Å². The highest BCUT2D eigenvalue weighted by Gasteiger charge is 2.25. The Kier molecular flexibility index (Phi) is 5.38. The Labute approximate surface area is 113 Å². The molecule has 19 heavy (non-hydrogen) atoms. The molecule has 0 fully saturated rings. The molecule has 0 atom stereocenters. The summed E-state index contributed by atoms with van der Waals surface area (Å²) in [5.74, 6) is -1.28. The molecular weight excluding hydrogens is 266 g/mol. The van der Waals surface area contributed by atoms with Crippen LogP contribution in [-0.4, -0.2) is 36.6 Å². The molecule has 5 nitrogen and oxygen atoms in total. The van der Waals surface area contributed by atoms with E-state index in [0.717, 1.165) is 9.87 Å². The predicted octanol–water partition coefficient (Wildman–Crippen LogP) is 0.996. The molecule has 0 amide bonds. The van der Waals surface area contributed by atoms with Crippen LogP contribution in [0.3, 0.4) is 0 Å². The standard InChI is InChI=1S/C13H17NO4S/c1-11(15)8-14(19(17,18)10-12(2)16)9-13-6-4-3-5-7-13/h3-7H,8-10H2,1-2H3. The number of carbonyl (C=O) groups excluding carboxylic acids is 2. The second-order valence-electron chi connectivity index (χ2n) is 4.41. The van der Waals surface area contributed by atoms with Crippen LogP contribution in [0.5, 0.6) is 0 Å². The van der Waals surface area contributed by atoms with Crippen molar-refractivity contribution in [2.45, 2.75) is 20.4 Å². The van der Waals surface area contributed by atoms with Gasteiger partial charge in [-0.05, 0) is 19.4 Å². The molecule has 0 N–H and O–H groups in total. The molecule has 0 saturated carbocycles. The number of rotatable bonds is 7. The maximum Gasteiger partial charge on any atom is 0.221 e. The van der Waals surface area contributed by atoms with Gasteiger partial charge in [0.1, 0.15) is 17.3 Å². The zero-order chi connectivity index (χ0) is 14.5. The molecule has 0 bridgehead atoms. The highest BCUT2D eigenvalue weighted by Crippen LogP contribution is 2.10. The first-order valence-corrected chi connectivity index (χ1v) is 7.43. The van der Waals surface area contributed by atoms with Gasteiger partial charge in [-0.1, -0.05) is 30.3 Å². The minimum absolute atomic E-state index is 0.0933. The van der Waals surface area contributed by atoms with E-state index in [1.54, 1.807) is 24.3 Å². The molecule has 1 aromatic rings. The van der Waals surface area contributed by atoms with Gasteiger partial charge in [0.25, 0.3) is 0 Å². The Morgan fingerprint density at radius 3 is 2.11 bits per heavy atom. The van der Waals surface area contributed by atoms with Crippen LogP contribution in [0.4, 0.5) is 0 Å². The zero-order valence-corrected chi connectivity index (χ0v) is 11.8. The molecule has 104 valence electrons. The van der Waals surface area contributed by atoms with Crippen LogP contribution in [0, 0.1) is 0 Å². The summed E-state index contributed by atoms with van der Waals surface area (Å²) in [5, 5.41) is 0. The minimum atomic E-state index is -3.75. The molecule has 0 aliphatic carbocycles. The normalized spacial score (nSPS) is 11.5. The summed E-state index contributed by atoms with van der Waals surface area (Å²) in [6.45, 7) is 2.41. The van der Waals surface area contributed by atoms with Gasteiger partial charge >= 0.3 is 0 Å². The van der Waals surface area contributed by atoms with E-state index in [4.69, 9.17) is 0 Å². The van der Waals surface area contributed by atoms with E-state index in [9.17, 15) is 18.0 Å². The maximum atomic E-state index is 12.0. The smallest absolute Gasteiger partial charge is 0.221 e. The number of Topliss-reactive ketones (excluding diaryl/α,β-unsaturated/α-hetero) is 2. The summed E-state index contributed by atoms with van der Waals surface area (Å²) in [6.07, 6.45) is 0. The Balaban J connectivity index is 2.95. The van der Waals surface area contributed by atoms with E-state index in [0.29, 0.717) is 0 Å². The number of ketones is 2. The average Bonchev–Trinajstić information content (AvgIpc) is 2.27. The number of carbonyl (C=O) groups is 2. The van der Waals surface area contributed by atoms with Gasteiger partial charge in [0, 0.05) is 6.54 Å². The van der Waals surface area contributed by atoms with E-state index in [-0.39, 0.29) is 18.9 Å². The molecule has 0 radical (unpaired) electrons. The van der Waals surface area contributed by atoms with E-state index >= 15 is 0 Å². The SMILES string of the molecule is CC(=O)CN(Cc1ccccc1)S(=O)(=O)CC(C)=O. The lowest BCUT2D eigenvalue weighted by Crippen LogP contribution is -2.37. The Hall–Kier alpha value is -1.53. The Morgan fingerprint density at radius 2 is 1.63 bits per heavy atom. The van der Waals surface area contributed by atoms with Crippen LogP contribution in [0.25, 0.3) is 0 Å². The number of nitrogens with zero attached hydrogens (tertiary/aromatic N) is 1. The summed E-state index contributed by atoms with van der Waals surface area (Å²) in [7, 11) is -3.75. The van der Waals surface area contributed by atoms with E-state index < -0.39 is 21.6 Å². The van der Waals surface area contributed by atoms with Crippen LogP contribution in [0.15, 0.2) is 30.3 Å². The van der Waals surface area contributed by atoms with E-state index in [2.05, 4.69) is 0 Å². The second-order valence-corrected chi connectivity index (χ2v) is 6.38. The van der Waals surface area contributed by atoms with Gasteiger partial charge in [0.15, 0.2) is 0 Å². The van der Waals surface area contributed by atoms with Crippen LogP contribution in [0.2, 0.25) is 0 Å². The molecule has 1 rings (SSSR count). The predicted molar refractivity (Wildman–Crippen MR) is 72.0 cm³/mol. The molecule has 0 aliphatic heterocycles. The highest BCUT2D eigenvalue weighted by atomic mass is 32.2. The van der Waals surface area contributed by atoms with Gasteiger partial charge in [0.05, 0.1) is 6.54 Å². The van der Waals surface area contributed by atoms with Crippen molar-refractivity contribution < 1.29 is 18.0 Å². The average molecular weight is 283 g/mol. The van der Waals surface area contributed by atoms with Crippen molar-refractivity contribution >= 4 is 21.6 Å². The third-order valence-electron chi connectivity index (χ3n) is 2.38. The monoisotopic (exact) mass is 283 g/mol. The van der Waals surface area contributed by atoms with Crippen molar-refractivity contribution in [2.75, 3.05) is 12.3 Å². The van der Waals surface area contributed by atoms with Gasteiger partial charge in [0.2, 0.25) is 10.0 Å². The first-order valence-electron chi connectivity index (χ1n) is 5.82. The maximum absolute atomic E-state index is 12.0. The van der Waals surface area contributed by atoms with Crippen molar-refractivity contribution in [3.05, 3.63) is 35.9 Å². The summed E-state index contributed by atoms with van der Waals surface area (Å²) in [4.78, 5) is 22.2. The first kappa shape index (κ1) is 15.5. The quantitative estimate of drug-likeness (QED) is 0.748. The molecule has 0 aliphatic rings. The number of benzene rings is 1. The molecule has 6 heteroatoms. The fourth-order valence-electron chi connectivity index (χ4n) is 1.64. The fourth-order valence-corrected chi connectivity index (χ4v) is 3.06. The van der Waals surface area contributed by atoms with Gasteiger partial charge in [-0.15, -0.1) is 0 Å². The van der Waals surface area contributed by atoms with Crippen molar-refractivity contribution in [1.82, 2.24) is 4.31 Å². The van der Waals surface area contributed by atoms with Gasteiger partial charge in [-0.2, -0.15) is 4.31 Å². The zero-order valence-electron chi connectivity index (χ0n) is 11.0. The molecule has 1 aromatic carbocycles. The Bertz CT molecular complexity index is 551. The fraction of sp³-hybridized carbons (Fsp3) is 0.385.